The van der Waals surface area contributed by atoms with Crippen molar-refractivity contribution >= 4 is 5.71 Å². The normalized spacial score (nSPS) is 40.8. The molecule has 5 aliphatic rings. The quantitative estimate of drug-likeness (QED) is 0.694. The number of ether oxygens (including phenoxy) is 2. The second kappa shape index (κ2) is 6.41. The van der Waals surface area contributed by atoms with Crippen LogP contribution < -0.4 is 0 Å². The number of hydrogen-bond acceptors (Lipinski definition) is 4. The molecule has 2 heterocycles. The Morgan fingerprint density at radius 1 is 0.900 bits per heavy atom. The van der Waals surface area contributed by atoms with Gasteiger partial charge in [-0.1, -0.05) is 79.7 Å². The molecule has 0 spiro atoms. The average molecular weight is 404 g/mol. The molecule has 2 bridgehead atoms. The Labute approximate surface area is 178 Å². The molecule has 4 nitrogen and oxygen atoms in total. The summed E-state index contributed by atoms with van der Waals surface area (Å²) in [5.41, 5.74) is 3.18. The molecule has 2 aliphatic heterocycles. The highest BCUT2D eigenvalue weighted by molar-refractivity contribution is 6.03. The first-order valence-corrected chi connectivity index (χ1v) is 11.2. The lowest BCUT2D eigenvalue weighted by molar-refractivity contribution is -0.212. The zero-order valence-electron chi connectivity index (χ0n) is 17.8. The molecule has 0 amide bonds. The van der Waals surface area contributed by atoms with E-state index in [4.69, 9.17) is 14.3 Å². The number of benzene rings is 2. The fourth-order valence-electron chi connectivity index (χ4n) is 6.47. The van der Waals surface area contributed by atoms with Gasteiger partial charge in [0.05, 0.1) is 17.4 Å². The van der Waals surface area contributed by atoms with Gasteiger partial charge in [0, 0.05) is 0 Å². The van der Waals surface area contributed by atoms with Crippen molar-refractivity contribution in [2.75, 3.05) is 0 Å². The Hall–Kier alpha value is -2.17. The zero-order chi connectivity index (χ0) is 20.5. The van der Waals surface area contributed by atoms with E-state index in [0.717, 1.165) is 29.2 Å². The van der Waals surface area contributed by atoms with Crippen LogP contribution in [0.5, 0.6) is 0 Å². The van der Waals surface area contributed by atoms with E-state index in [1.807, 2.05) is 36.4 Å². The lowest BCUT2D eigenvalue weighted by atomic mass is 9.43. The molecule has 3 aliphatic carbocycles. The van der Waals surface area contributed by atoms with E-state index in [2.05, 4.69) is 50.2 Å². The Kier molecular flexibility index (Phi) is 3.97. The van der Waals surface area contributed by atoms with E-state index in [1.165, 1.54) is 6.42 Å². The lowest BCUT2D eigenvalue weighted by Gasteiger charge is -2.63. The summed E-state index contributed by atoms with van der Waals surface area (Å²) in [7, 11) is 0. The molecule has 0 radical (unpaired) electrons. The van der Waals surface area contributed by atoms with Crippen LogP contribution in [0.4, 0.5) is 0 Å². The summed E-state index contributed by atoms with van der Waals surface area (Å²) in [5, 5.41) is 4.54. The maximum atomic E-state index is 6.84. The van der Waals surface area contributed by atoms with Crippen molar-refractivity contribution in [2.24, 2.45) is 28.3 Å². The number of nitrogens with zero attached hydrogens (tertiary/aromatic N) is 1. The molecule has 156 valence electrons. The van der Waals surface area contributed by atoms with Crippen molar-refractivity contribution in [3.63, 3.8) is 0 Å². The van der Waals surface area contributed by atoms with Gasteiger partial charge < -0.3 is 14.3 Å². The van der Waals surface area contributed by atoms with Crippen molar-refractivity contribution in [2.45, 2.75) is 57.7 Å². The molecule has 4 heteroatoms. The predicted octanol–water partition coefficient (Wildman–Crippen LogP) is 5.34. The largest absolute Gasteiger partial charge is 0.386 e. The number of oxime groups is 1. The molecule has 30 heavy (non-hydrogen) atoms. The fraction of sp³-hybridized carbons (Fsp3) is 0.500. The highest BCUT2D eigenvalue weighted by Gasteiger charge is 2.68. The Morgan fingerprint density at radius 2 is 1.60 bits per heavy atom. The van der Waals surface area contributed by atoms with Crippen LogP contribution in [-0.4, -0.2) is 23.7 Å². The van der Waals surface area contributed by atoms with Crippen LogP contribution in [0.15, 0.2) is 65.8 Å². The summed E-state index contributed by atoms with van der Waals surface area (Å²) >= 11 is 0. The molecule has 4 fully saturated rings. The van der Waals surface area contributed by atoms with Crippen molar-refractivity contribution in [3.8, 4) is 0 Å². The van der Waals surface area contributed by atoms with Crippen LogP contribution in [0.1, 0.15) is 50.8 Å². The molecule has 0 aromatic heterocycles. The van der Waals surface area contributed by atoms with Gasteiger partial charge in [0.1, 0.15) is 5.92 Å². The standard InChI is InChI=1S/C26H29NO3/c1-25(2)18-14-19(25)26(3)20(15-18)28-24(29-26)21-22(16-10-6-4-7-11-16)27-30-23(21)17-12-8-5-9-13-17/h4-13,18-21,23-24H,14-15H2,1-3H3/t18-,19-,20+,21-,23+,24+,26-/m1/s1. The molecular formula is C26H29NO3. The molecule has 0 unspecified atom stereocenters. The van der Waals surface area contributed by atoms with Gasteiger partial charge >= 0.3 is 0 Å². The van der Waals surface area contributed by atoms with Gasteiger partial charge in [-0.05, 0) is 48.1 Å². The molecule has 2 aromatic rings. The monoisotopic (exact) mass is 403 g/mol. The molecule has 7 atom stereocenters. The summed E-state index contributed by atoms with van der Waals surface area (Å²) in [5.74, 6) is 1.17. The fourth-order valence-corrected chi connectivity index (χ4v) is 6.47. The van der Waals surface area contributed by atoms with Crippen LogP contribution in [-0.2, 0) is 14.3 Å². The third-order valence-corrected chi connectivity index (χ3v) is 8.37. The van der Waals surface area contributed by atoms with Crippen molar-refractivity contribution in [1.29, 1.82) is 0 Å². The number of rotatable bonds is 3. The van der Waals surface area contributed by atoms with Crippen LogP contribution >= 0.6 is 0 Å². The average Bonchev–Trinajstić information content (AvgIpc) is 3.35. The topological polar surface area (TPSA) is 40.0 Å². The molecule has 3 saturated carbocycles. The van der Waals surface area contributed by atoms with E-state index in [0.29, 0.717) is 11.3 Å². The Bertz CT molecular complexity index is 972. The minimum atomic E-state index is -0.359. The van der Waals surface area contributed by atoms with Crippen molar-refractivity contribution < 1.29 is 14.3 Å². The minimum Gasteiger partial charge on any atom is -0.386 e. The first-order chi connectivity index (χ1) is 14.5. The maximum absolute atomic E-state index is 6.84. The van der Waals surface area contributed by atoms with E-state index >= 15 is 0 Å². The first kappa shape index (κ1) is 18.6. The van der Waals surface area contributed by atoms with Crippen LogP contribution in [0.25, 0.3) is 0 Å². The third-order valence-electron chi connectivity index (χ3n) is 8.37. The Morgan fingerprint density at radius 3 is 2.30 bits per heavy atom. The van der Waals surface area contributed by atoms with Crippen LogP contribution in [0.3, 0.4) is 0 Å². The van der Waals surface area contributed by atoms with E-state index in [9.17, 15) is 0 Å². The van der Waals surface area contributed by atoms with Gasteiger partial charge in [-0.25, -0.2) is 0 Å². The van der Waals surface area contributed by atoms with E-state index < -0.39 is 0 Å². The zero-order valence-corrected chi connectivity index (χ0v) is 17.8. The second-order valence-corrected chi connectivity index (χ2v) is 10.1. The molecule has 1 saturated heterocycles. The maximum Gasteiger partial charge on any atom is 0.171 e. The Balaban J connectivity index is 1.37. The van der Waals surface area contributed by atoms with Crippen molar-refractivity contribution in [3.05, 3.63) is 71.8 Å². The summed E-state index contributed by atoms with van der Waals surface area (Å²) in [6.07, 6.45) is 1.91. The summed E-state index contributed by atoms with van der Waals surface area (Å²) in [6, 6.07) is 20.6. The summed E-state index contributed by atoms with van der Waals surface area (Å²) in [6.45, 7) is 7.06. The highest BCUT2D eigenvalue weighted by Crippen LogP contribution is 2.66. The van der Waals surface area contributed by atoms with Crippen LogP contribution in [0, 0.1) is 23.2 Å². The van der Waals surface area contributed by atoms with Gasteiger partial charge in [0.15, 0.2) is 12.4 Å². The van der Waals surface area contributed by atoms with Gasteiger partial charge in [-0.15, -0.1) is 0 Å². The summed E-state index contributed by atoms with van der Waals surface area (Å²) < 4.78 is 13.5. The van der Waals surface area contributed by atoms with Gasteiger partial charge in [0.25, 0.3) is 0 Å². The molecular weight excluding hydrogens is 374 g/mol. The third kappa shape index (κ3) is 2.50. The highest BCUT2D eigenvalue weighted by atomic mass is 16.7. The molecule has 0 N–H and O–H groups in total. The van der Waals surface area contributed by atoms with Gasteiger partial charge in [0.2, 0.25) is 0 Å². The van der Waals surface area contributed by atoms with Gasteiger partial charge in [-0.2, -0.15) is 0 Å². The predicted molar refractivity (Wildman–Crippen MR) is 115 cm³/mol. The second-order valence-electron chi connectivity index (χ2n) is 10.1. The molecule has 2 aromatic carbocycles. The van der Waals surface area contributed by atoms with E-state index in [1.54, 1.807) is 0 Å². The van der Waals surface area contributed by atoms with E-state index in [-0.39, 0.29) is 30.0 Å². The SMILES string of the molecule is CC1(C)[C@H]2C[C@@H]3O[C@H]([C@@H]4C(c5ccccc5)=NO[C@H]4c4ccccc4)O[C@]3(C)[C@@H]1C2. The lowest BCUT2D eigenvalue weighted by Crippen LogP contribution is -2.65. The number of hydrogen-bond donors (Lipinski definition) is 0. The first-order valence-electron chi connectivity index (χ1n) is 11.2. The van der Waals surface area contributed by atoms with Crippen LogP contribution in [0.2, 0.25) is 0 Å². The summed E-state index contributed by atoms with van der Waals surface area (Å²) in [4.78, 5) is 6.02. The minimum absolute atomic E-state index is 0.0995. The van der Waals surface area contributed by atoms with Crippen molar-refractivity contribution in [1.82, 2.24) is 0 Å². The molecule has 7 rings (SSSR count). The smallest absolute Gasteiger partial charge is 0.171 e. The van der Waals surface area contributed by atoms with Gasteiger partial charge in [-0.3, -0.25) is 0 Å².